The Bertz CT molecular complexity index is 1690. The molecule has 0 saturated carbocycles. The normalized spacial score (nSPS) is 13.8. The molecule has 3 aromatic carbocycles. The van der Waals surface area contributed by atoms with Crippen LogP contribution in [0.2, 0.25) is 0 Å². The van der Waals surface area contributed by atoms with E-state index in [1.807, 2.05) is 79.7 Å². The number of methoxy groups -OCH3 is 1. The van der Waals surface area contributed by atoms with Gasteiger partial charge in [0.15, 0.2) is 0 Å². The Morgan fingerprint density at radius 3 is 2.10 bits per heavy atom. The Labute approximate surface area is 287 Å². The molecule has 0 spiro atoms. The molecule has 4 atom stereocenters. The zero-order valence-electron chi connectivity index (χ0n) is 28.6. The molecule has 49 heavy (non-hydrogen) atoms. The molecule has 0 saturated heterocycles. The summed E-state index contributed by atoms with van der Waals surface area (Å²) in [5.74, 6) is -0.216. The van der Waals surface area contributed by atoms with Crippen LogP contribution in [0.3, 0.4) is 0 Å². The van der Waals surface area contributed by atoms with E-state index in [-0.39, 0.29) is 12.3 Å². The number of pyridine rings is 1. The zero-order chi connectivity index (χ0) is 35.6. The second kappa shape index (κ2) is 16.7. The third kappa shape index (κ3) is 10.6. The average molecular weight is 667 g/mol. The van der Waals surface area contributed by atoms with Gasteiger partial charge in [0.25, 0.3) is 5.91 Å². The minimum Gasteiger partial charge on any atom is -0.497 e. The number of aliphatic hydroxyl groups excluding tert-OH is 1. The number of carboxylic acid groups (broad SMARTS) is 1. The molecule has 1 aromatic heterocycles. The van der Waals surface area contributed by atoms with E-state index >= 15 is 0 Å². The van der Waals surface area contributed by atoms with E-state index in [4.69, 9.17) is 4.74 Å². The van der Waals surface area contributed by atoms with Gasteiger partial charge in [-0.2, -0.15) is 0 Å². The fraction of sp³-hybridized carbons (Fsp3) is 0.333. The molecule has 4 aromatic rings. The van der Waals surface area contributed by atoms with E-state index in [1.54, 1.807) is 52.3 Å². The van der Waals surface area contributed by atoms with Gasteiger partial charge in [0, 0.05) is 23.4 Å². The van der Waals surface area contributed by atoms with Crippen molar-refractivity contribution in [2.24, 2.45) is 5.41 Å². The predicted octanol–water partition coefficient (Wildman–Crippen LogP) is 5.57. The third-order valence-electron chi connectivity index (χ3n) is 8.42. The molecule has 0 unspecified atom stereocenters. The first-order chi connectivity index (χ1) is 23.3. The highest BCUT2D eigenvalue weighted by Crippen LogP contribution is 2.23. The highest BCUT2D eigenvalue weighted by atomic mass is 16.5. The van der Waals surface area contributed by atoms with E-state index in [9.17, 15) is 24.6 Å². The standard InChI is InChI=1S/C39H46N4O6/c1-25-21-30(49-5)18-19-31(25)36(45)42-33(23-26-11-7-6-8-12-26)34(44)24-29(41-37(46)35(39(2,3)4)43-38(47)48)22-27-14-16-28(17-15-27)32-13-9-10-20-40-32/h6-21,29,33-35,43-44H,22-24H2,1-5H3,(H,41,46)(H,42,45)(H,47,48)/t29-,33+,34+,35-/m1/s1. The van der Waals surface area contributed by atoms with E-state index in [1.165, 1.54) is 0 Å². The van der Waals surface area contributed by atoms with Gasteiger partial charge < -0.3 is 30.9 Å². The van der Waals surface area contributed by atoms with Gasteiger partial charge in [0.2, 0.25) is 5.91 Å². The number of aliphatic hydroxyl groups is 1. The number of ether oxygens (including phenoxy) is 1. The van der Waals surface area contributed by atoms with Crippen molar-refractivity contribution in [2.45, 2.75) is 71.2 Å². The summed E-state index contributed by atoms with van der Waals surface area (Å²) in [7, 11) is 1.56. The van der Waals surface area contributed by atoms with Crippen molar-refractivity contribution < 1.29 is 29.3 Å². The molecule has 10 nitrogen and oxygen atoms in total. The number of rotatable bonds is 14. The van der Waals surface area contributed by atoms with Gasteiger partial charge in [-0.1, -0.05) is 81.4 Å². The van der Waals surface area contributed by atoms with E-state index in [2.05, 4.69) is 20.9 Å². The summed E-state index contributed by atoms with van der Waals surface area (Å²) in [4.78, 5) is 43.3. The largest absolute Gasteiger partial charge is 0.497 e. The van der Waals surface area contributed by atoms with Crippen LogP contribution in [-0.4, -0.2) is 64.4 Å². The highest BCUT2D eigenvalue weighted by molar-refractivity contribution is 5.96. The summed E-state index contributed by atoms with van der Waals surface area (Å²) in [5.41, 5.74) is 4.03. The van der Waals surface area contributed by atoms with Gasteiger partial charge in [0.05, 0.1) is 24.9 Å². The first kappa shape index (κ1) is 36.6. The number of aromatic nitrogens is 1. The first-order valence-corrected chi connectivity index (χ1v) is 16.3. The van der Waals surface area contributed by atoms with Gasteiger partial charge in [-0.15, -0.1) is 0 Å². The summed E-state index contributed by atoms with van der Waals surface area (Å²) in [6.07, 6.45) is 0.106. The van der Waals surface area contributed by atoms with Crippen molar-refractivity contribution in [3.63, 3.8) is 0 Å². The summed E-state index contributed by atoms with van der Waals surface area (Å²) in [6.45, 7) is 7.15. The van der Waals surface area contributed by atoms with Crippen LogP contribution in [0.15, 0.2) is 97.2 Å². The summed E-state index contributed by atoms with van der Waals surface area (Å²) in [6, 6.07) is 25.9. The lowest BCUT2D eigenvalue weighted by atomic mass is 9.85. The number of amides is 3. The van der Waals surface area contributed by atoms with Gasteiger partial charge in [-0.3, -0.25) is 14.6 Å². The lowest BCUT2D eigenvalue weighted by Crippen LogP contribution is -2.56. The fourth-order valence-corrected chi connectivity index (χ4v) is 5.78. The molecule has 5 N–H and O–H groups in total. The number of carbonyl (C=O) groups excluding carboxylic acids is 2. The Balaban J connectivity index is 1.62. The summed E-state index contributed by atoms with van der Waals surface area (Å²) < 4.78 is 5.29. The maximum absolute atomic E-state index is 13.7. The highest BCUT2D eigenvalue weighted by Gasteiger charge is 2.35. The Morgan fingerprint density at radius 2 is 1.51 bits per heavy atom. The topological polar surface area (TPSA) is 150 Å². The number of nitrogens with one attached hydrogen (secondary N) is 3. The zero-order valence-corrected chi connectivity index (χ0v) is 28.6. The number of carbonyl (C=O) groups is 3. The van der Waals surface area contributed by atoms with Crippen LogP contribution < -0.4 is 20.7 Å². The molecule has 0 aliphatic rings. The van der Waals surface area contributed by atoms with Crippen LogP contribution in [-0.2, 0) is 17.6 Å². The second-order valence-electron chi connectivity index (χ2n) is 13.3. The van der Waals surface area contributed by atoms with Crippen LogP contribution in [0.25, 0.3) is 11.3 Å². The molecule has 3 amide bonds. The smallest absolute Gasteiger partial charge is 0.405 e. The number of nitrogens with zero attached hydrogens (tertiary/aromatic N) is 1. The van der Waals surface area contributed by atoms with Crippen molar-refractivity contribution in [1.29, 1.82) is 0 Å². The van der Waals surface area contributed by atoms with Crippen LogP contribution in [0.5, 0.6) is 5.75 Å². The van der Waals surface area contributed by atoms with Crippen molar-refractivity contribution in [2.75, 3.05) is 7.11 Å². The minimum atomic E-state index is -1.31. The Kier molecular flexibility index (Phi) is 12.5. The van der Waals surface area contributed by atoms with Gasteiger partial charge in [0.1, 0.15) is 11.8 Å². The van der Waals surface area contributed by atoms with E-state index in [0.717, 1.165) is 27.9 Å². The number of hydrogen-bond acceptors (Lipinski definition) is 6. The van der Waals surface area contributed by atoms with Crippen molar-refractivity contribution >= 4 is 17.9 Å². The maximum Gasteiger partial charge on any atom is 0.405 e. The van der Waals surface area contributed by atoms with Crippen LogP contribution in [0.4, 0.5) is 4.79 Å². The Hall–Kier alpha value is -5.22. The maximum atomic E-state index is 13.7. The summed E-state index contributed by atoms with van der Waals surface area (Å²) in [5, 5.41) is 29.7. The lowest BCUT2D eigenvalue weighted by Gasteiger charge is -2.33. The van der Waals surface area contributed by atoms with Crippen molar-refractivity contribution in [1.82, 2.24) is 20.9 Å². The van der Waals surface area contributed by atoms with Crippen molar-refractivity contribution in [3.8, 4) is 17.0 Å². The third-order valence-corrected chi connectivity index (χ3v) is 8.42. The monoisotopic (exact) mass is 666 g/mol. The average Bonchev–Trinajstić information content (AvgIpc) is 3.07. The SMILES string of the molecule is COc1ccc(C(=O)N[C@@H](Cc2ccccc2)[C@@H](O)C[C@@H](Cc2ccc(-c3ccccn3)cc2)NC(=O)[C@@H](NC(=O)O)C(C)(C)C)c(C)c1. The van der Waals surface area contributed by atoms with Crippen molar-refractivity contribution in [3.05, 3.63) is 119 Å². The van der Waals surface area contributed by atoms with Crippen LogP contribution in [0.1, 0.15) is 54.2 Å². The molecule has 0 fully saturated rings. The molecule has 0 bridgehead atoms. The first-order valence-electron chi connectivity index (χ1n) is 16.3. The van der Waals surface area contributed by atoms with Crippen LogP contribution >= 0.6 is 0 Å². The lowest BCUT2D eigenvalue weighted by molar-refractivity contribution is -0.126. The van der Waals surface area contributed by atoms with Gasteiger partial charge in [-0.25, -0.2) is 4.79 Å². The molecule has 0 aliphatic carbocycles. The van der Waals surface area contributed by atoms with E-state index in [0.29, 0.717) is 24.2 Å². The number of hydrogen-bond donors (Lipinski definition) is 5. The predicted molar refractivity (Wildman–Crippen MR) is 189 cm³/mol. The number of benzene rings is 3. The molecule has 1 heterocycles. The second-order valence-corrected chi connectivity index (χ2v) is 13.3. The molecule has 10 heteroatoms. The summed E-state index contributed by atoms with van der Waals surface area (Å²) >= 11 is 0. The molecule has 0 radical (unpaired) electrons. The molecule has 4 rings (SSSR count). The number of aryl methyl sites for hydroxylation is 1. The molecule has 0 aliphatic heterocycles. The van der Waals surface area contributed by atoms with Gasteiger partial charge in [-0.05, 0) is 78.6 Å². The molecule has 258 valence electrons. The minimum absolute atomic E-state index is 0.0804. The van der Waals surface area contributed by atoms with E-state index < -0.39 is 41.6 Å². The fourth-order valence-electron chi connectivity index (χ4n) is 5.78. The van der Waals surface area contributed by atoms with Crippen LogP contribution in [0, 0.1) is 12.3 Å². The molecular formula is C39H46N4O6. The Morgan fingerprint density at radius 1 is 0.837 bits per heavy atom. The van der Waals surface area contributed by atoms with Gasteiger partial charge >= 0.3 is 6.09 Å². The quantitative estimate of drug-likeness (QED) is 0.118. The molecular weight excluding hydrogens is 620 g/mol.